The Morgan fingerprint density at radius 2 is 2.27 bits per heavy atom. The summed E-state index contributed by atoms with van der Waals surface area (Å²) in [7, 11) is 0. The number of hydrogen-bond donors (Lipinski definition) is 2. The number of amides is 1. The van der Waals surface area contributed by atoms with Gasteiger partial charge in [-0.05, 0) is 30.9 Å². The third kappa shape index (κ3) is 2.83. The van der Waals surface area contributed by atoms with E-state index in [1.807, 2.05) is 0 Å². The minimum atomic E-state index is -0.957. The molecule has 7 nitrogen and oxygen atoms in total. The second-order valence-electron chi connectivity index (χ2n) is 5.34. The molecule has 0 spiro atoms. The normalized spacial score (nSPS) is 16.8. The molecule has 1 aliphatic rings. The fourth-order valence-electron chi connectivity index (χ4n) is 2.69. The minimum Gasteiger partial charge on any atom is -0.478 e. The molecule has 2 aromatic heterocycles. The number of fused-ring (bicyclic) bond motifs is 1. The SMILES string of the molecule is O=C(NC[C@@H]1CCn2ncc(C(=O)O)c2C1)c1cccnc1. The summed E-state index contributed by atoms with van der Waals surface area (Å²) in [6.45, 7) is 1.19. The maximum atomic E-state index is 12.0. The van der Waals surface area contributed by atoms with Crippen LogP contribution >= 0.6 is 0 Å². The van der Waals surface area contributed by atoms with Crippen LogP contribution in [0, 0.1) is 5.92 Å². The van der Waals surface area contributed by atoms with Crippen molar-refractivity contribution in [1.29, 1.82) is 0 Å². The molecule has 0 aromatic carbocycles. The van der Waals surface area contributed by atoms with Gasteiger partial charge in [-0.15, -0.1) is 0 Å². The molecule has 1 amide bonds. The van der Waals surface area contributed by atoms with E-state index in [4.69, 9.17) is 5.11 Å². The third-order valence-corrected chi connectivity index (χ3v) is 3.89. The molecule has 22 heavy (non-hydrogen) atoms. The molecule has 0 aliphatic carbocycles. The second kappa shape index (κ2) is 5.97. The molecule has 3 heterocycles. The molecular formula is C15H16N4O3. The molecule has 1 aliphatic heterocycles. The van der Waals surface area contributed by atoms with Crippen LogP contribution in [-0.4, -0.2) is 38.3 Å². The highest BCUT2D eigenvalue weighted by Crippen LogP contribution is 2.22. The average Bonchev–Trinajstić information content (AvgIpc) is 2.96. The molecular weight excluding hydrogens is 284 g/mol. The smallest absolute Gasteiger partial charge is 0.339 e. The van der Waals surface area contributed by atoms with Gasteiger partial charge in [0, 0.05) is 25.5 Å². The van der Waals surface area contributed by atoms with Gasteiger partial charge in [-0.2, -0.15) is 5.10 Å². The number of aromatic carboxylic acids is 1. The maximum Gasteiger partial charge on any atom is 0.339 e. The number of pyridine rings is 1. The van der Waals surface area contributed by atoms with Gasteiger partial charge in [-0.1, -0.05) is 0 Å². The molecule has 7 heteroatoms. The molecule has 3 rings (SSSR count). The molecule has 0 saturated carbocycles. The molecule has 0 saturated heterocycles. The van der Waals surface area contributed by atoms with E-state index in [1.165, 1.54) is 12.4 Å². The summed E-state index contributed by atoms with van der Waals surface area (Å²) in [5, 5.41) is 16.1. The van der Waals surface area contributed by atoms with Gasteiger partial charge in [-0.3, -0.25) is 14.5 Å². The number of nitrogens with zero attached hydrogens (tertiary/aromatic N) is 3. The third-order valence-electron chi connectivity index (χ3n) is 3.89. The van der Waals surface area contributed by atoms with Crippen LogP contribution < -0.4 is 5.32 Å². The van der Waals surface area contributed by atoms with Crippen LogP contribution in [0.3, 0.4) is 0 Å². The van der Waals surface area contributed by atoms with E-state index in [0.717, 1.165) is 12.1 Å². The van der Waals surface area contributed by atoms with Gasteiger partial charge in [-0.25, -0.2) is 4.79 Å². The zero-order valence-electron chi connectivity index (χ0n) is 11.9. The first kappa shape index (κ1) is 14.2. The number of carbonyl (C=O) groups is 2. The summed E-state index contributed by atoms with van der Waals surface area (Å²) >= 11 is 0. The van der Waals surface area contributed by atoms with E-state index >= 15 is 0 Å². The van der Waals surface area contributed by atoms with Crippen LogP contribution in [-0.2, 0) is 13.0 Å². The number of aryl methyl sites for hydroxylation is 1. The Hall–Kier alpha value is -2.70. The van der Waals surface area contributed by atoms with Crippen LogP contribution in [0.2, 0.25) is 0 Å². The predicted molar refractivity (Wildman–Crippen MR) is 77.6 cm³/mol. The van der Waals surface area contributed by atoms with Gasteiger partial charge < -0.3 is 10.4 Å². The van der Waals surface area contributed by atoms with Crippen molar-refractivity contribution in [2.45, 2.75) is 19.4 Å². The van der Waals surface area contributed by atoms with E-state index < -0.39 is 5.97 Å². The number of nitrogens with one attached hydrogen (secondary N) is 1. The summed E-state index contributed by atoms with van der Waals surface area (Å²) in [4.78, 5) is 27.1. The Bertz CT molecular complexity index is 696. The Morgan fingerprint density at radius 1 is 1.41 bits per heavy atom. The van der Waals surface area contributed by atoms with Crippen molar-refractivity contribution >= 4 is 11.9 Å². The molecule has 114 valence electrons. The van der Waals surface area contributed by atoms with Crippen LogP contribution in [0.5, 0.6) is 0 Å². The molecule has 0 bridgehead atoms. The lowest BCUT2D eigenvalue weighted by atomic mass is 9.94. The van der Waals surface area contributed by atoms with Crippen LogP contribution in [0.1, 0.15) is 32.8 Å². The van der Waals surface area contributed by atoms with Crippen molar-refractivity contribution in [3.63, 3.8) is 0 Å². The number of aromatic nitrogens is 3. The van der Waals surface area contributed by atoms with Crippen molar-refractivity contribution in [3.05, 3.63) is 47.5 Å². The molecule has 2 N–H and O–H groups in total. The molecule has 0 unspecified atom stereocenters. The van der Waals surface area contributed by atoms with Gasteiger partial charge in [0.2, 0.25) is 0 Å². The Kier molecular flexibility index (Phi) is 3.86. The number of carbonyl (C=O) groups excluding carboxylic acids is 1. The lowest BCUT2D eigenvalue weighted by Crippen LogP contribution is -2.33. The Morgan fingerprint density at radius 3 is 3.00 bits per heavy atom. The van der Waals surface area contributed by atoms with Crippen molar-refractivity contribution in [2.24, 2.45) is 5.92 Å². The standard InChI is InChI=1S/C15H16N4O3/c20-14(11-2-1-4-16-8-11)17-7-10-3-5-19-13(6-10)12(9-18-19)15(21)22/h1-2,4,8-10H,3,5-7H2,(H,17,20)(H,21,22)/t10-/m1/s1. The zero-order chi connectivity index (χ0) is 15.5. The zero-order valence-corrected chi connectivity index (χ0v) is 11.9. The first-order valence-corrected chi connectivity index (χ1v) is 7.11. The fraction of sp³-hybridized carbons (Fsp3) is 0.333. The quantitative estimate of drug-likeness (QED) is 0.877. The highest BCUT2D eigenvalue weighted by Gasteiger charge is 2.25. The number of rotatable bonds is 4. The lowest BCUT2D eigenvalue weighted by Gasteiger charge is -2.24. The number of hydrogen-bond acceptors (Lipinski definition) is 4. The summed E-state index contributed by atoms with van der Waals surface area (Å²) in [5.41, 5.74) is 1.51. The predicted octanol–water partition coefficient (Wildman–Crippen LogP) is 0.969. The highest BCUT2D eigenvalue weighted by molar-refractivity contribution is 5.93. The summed E-state index contributed by atoms with van der Waals surface area (Å²) in [6, 6.07) is 3.42. The molecule has 0 fully saturated rings. The van der Waals surface area contributed by atoms with E-state index in [0.29, 0.717) is 25.1 Å². The minimum absolute atomic E-state index is 0.161. The number of carboxylic acid groups (broad SMARTS) is 1. The Balaban J connectivity index is 1.62. The summed E-state index contributed by atoms with van der Waals surface area (Å²) < 4.78 is 1.74. The fourth-order valence-corrected chi connectivity index (χ4v) is 2.69. The topological polar surface area (TPSA) is 97.1 Å². The van der Waals surface area contributed by atoms with Crippen LogP contribution in [0.4, 0.5) is 0 Å². The van der Waals surface area contributed by atoms with Crippen molar-refractivity contribution in [1.82, 2.24) is 20.1 Å². The van der Waals surface area contributed by atoms with Gasteiger partial charge >= 0.3 is 5.97 Å². The van der Waals surface area contributed by atoms with E-state index in [1.54, 1.807) is 23.0 Å². The first-order chi connectivity index (χ1) is 10.6. The van der Waals surface area contributed by atoms with Gasteiger partial charge in [0.25, 0.3) is 5.91 Å². The van der Waals surface area contributed by atoms with E-state index in [9.17, 15) is 9.59 Å². The maximum absolute atomic E-state index is 12.0. The largest absolute Gasteiger partial charge is 0.478 e. The van der Waals surface area contributed by atoms with Crippen LogP contribution in [0.25, 0.3) is 0 Å². The molecule has 2 aromatic rings. The Labute approximate surface area is 127 Å². The van der Waals surface area contributed by atoms with E-state index in [-0.39, 0.29) is 17.4 Å². The lowest BCUT2D eigenvalue weighted by molar-refractivity contribution is 0.0694. The molecule has 0 radical (unpaired) electrons. The van der Waals surface area contributed by atoms with Gasteiger partial charge in [0.1, 0.15) is 5.56 Å². The summed E-state index contributed by atoms with van der Waals surface area (Å²) in [6.07, 6.45) is 6.00. The van der Waals surface area contributed by atoms with Crippen molar-refractivity contribution in [2.75, 3.05) is 6.54 Å². The average molecular weight is 300 g/mol. The second-order valence-corrected chi connectivity index (χ2v) is 5.34. The van der Waals surface area contributed by atoms with Crippen molar-refractivity contribution in [3.8, 4) is 0 Å². The van der Waals surface area contributed by atoms with Crippen molar-refractivity contribution < 1.29 is 14.7 Å². The molecule has 1 atom stereocenters. The van der Waals surface area contributed by atoms with Gasteiger partial charge in [0.15, 0.2) is 0 Å². The van der Waals surface area contributed by atoms with Crippen LogP contribution in [0.15, 0.2) is 30.7 Å². The first-order valence-electron chi connectivity index (χ1n) is 7.11. The highest BCUT2D eigenvalue weighted by atomic mass is 16.4. The van der Waals surface area contributed by atoms with E-state index in [2.05, 4.69) is 15.4 Å². The summed E-state index contributed by atoms with van der Waals surface area (Å²) in [5.74, 6) is -0.908. The number of carboxylic acids is 1. The van der Waals surface area contributed by atoms with Gasteiger partial charge in [0.05, 0.1) is 17.5 Å². The monoisotopic (exact) mass is 300 g/mol.